The minimum atomic E-state index is -0.532. The lowest BCUT2D eigenvalue weighted by molar-refractivity contribution is 0.575. The fourth-order valence-corrected chi connectivity index (χ4v) is 1.34. The topological polar surface area (TPSA) is 0 Å². The molecule has 0 unspecified atom stereocenters. The minimum Gasteiger partial charge on any atom is -0.207 e. The lowest BCUT2D eigenvalue weighted by Gasteiger charge is -1.98. The molecule has 3 heteroatoms. The third-order valence-corrected chi connectivity index (χ3v) is 2.25. The fourth-order valence-electron chi connectivity index (χ4n) is 1.08. The second-order valence-corrected chi connectivity index (χ2v) is 3.68. The van der Waals surface area contributed by atoms with Crippen LogP contribution in [0.2, 0.25) is 0 Å². The van der Waals surface area contributed by atoms with Crippen molar-refractivity contribution in [3.63, 3.8) is 0 Å². The van der Waals surface area contributed by atoms with E-state index in [1.54, 1.807) is 0 Å². The summed E-state index contributed by atoms with van der Waals surface area (Å²) in [5.41, 5.74) is 0.525. The molecule has 0 aliphatic carbocycles. The summed E-state index contributed by atoms with van der Waals surface area (Å²) in [6, 6.07) is 3.66. The minimum absolute atomic E-state index is 0.478. The highest BCUT2D eigenvalue weighted by molar-refractivity contribution is 9.09. The van der Waals surface area contributed by atoms with Gasteiger partial charge >= 0.3 is 0 Å². The predicted octanol–water partition coefficient (Wildman–Crippen LogP) is 3.85. The second kappa shape index (κ2) is 5.91. The average molecular weight is 261 g/mol. The maximum Gasteiger partial charge on any atom is 0.129 e. The van der Waals surface area contributed by atoms with E-state index in [9.17, 15) is 8.78 Å². The molecular formula is C11H11BrF2. The van der Waals surface area contributed by atoms with Gasteiger partial charge in [-0.3, -0.25) is 0 Å². The second-order valence-electron chi connectivity index (χ2n) is 2.89. The summed E-state index contributed by atoms with van der Waals surface area (Å²) in [6.07, 6.45) is 5.29. The Morgan fingerprint density at radius 2 is 2.00 bits per heavy atom. The molecule has 0 atom stereocenters. The summed E-state index contributed by atoms with van der Waals surface area (Å²) < 4.78 is 25.6. The van der Waals surface area contributed by atoms with Crippen LogP contribution in [0.1, 0.15) is 12.0 Å². The number of benzene rings is 1. The van der Waals surface area contributed by atoms with Gasteiger partial charge in [0.05, 0.1) is 0 Å². The molecule has 0 radical (unpaired) electrons. The van der Waals surface area contributed by atoms with Crippen molar-refractivity contribution in [3.8, 4) is 0 Å². The SMILES string of the molecule is Fc1ccc(CC=CCCBr)c(F)c1. The number of rotatable bonds is 4. The Morgan fingerprint density at radius 1 is 1.21 bits per heavy atom. The van der Waals surface area contributed by atoms with Gasteiger partial charge in [-0.05, 0) is 24.5 Å². The number of hydrogen-bond donors (Lipinski definition) is 0. The molecule has 0 amide bonds. The molecule has 0 saturated heterocycles. The van der Waals surface area contributed by atoms with E-state index in [1.165, 1.54) is 12.1 Å². The van der Waals surface area contributed by atoms with Crippen molar-refractivity contribution in [2.45, 2.75) is 12.8 Å². The van der Waals surface area contributed by atoms with Crippen LogP contribution in [0.25, 0.3) is 0 Å². The Hall–Kier alpha value is -0.700. The third kappa shape index (κ3) is 3.58. The maximum absolute atomic E-state index is 13.1. The largest absolute Gasteiger partial charge is 0.207 e. The monoisotopic (exact) mass is 260 g/mol. The van der Waals surface area contributed by atoms with Gasteiger partial charge in [0, 0.05) is 11.4 Å². The first-order valence-electron chi connectivity index (χ1n) is 4.39. The highest BCUT2D eigenvalue weighted by Crippen LogP contribution is 2.10. The first-order valence-corrected chi connectivity index (χ1v) is 5.51. The van der Waals surface area contributed by atoms with E-state index in [2.05, 4.69) is 15.9 Å². The van der Waals surface area contributed by atoms with E-state index in [1.807, 2.05) is 12.2 Å². The highest BCUT2D eigenvalue weighted by atomic mass is 79.9. The first-order chi connectivity index (χ1) is 6.74. The fraction of sp³-hybridized carbons (Fsp3) is 0.273. The van der Waals surface area contributed by atoms with E-state index in [0.717, 1.165) is 17.8 Å². The van der Waals surface area contributed by atoms with Gasteiger partial charge < -0.3 is 0 Å². The van der Waals surface area contributed by atoms with Gasteiger partial charge in [-0.1, -0.05) is 34.1 Å². The Kier molecular flexibility index (Phi) is 4.80. The summed E-state index contributed by atoms with van der Waals surface area (Å²) in [7, 11) is 0. The molecule has 0 aliphatic rings. The summed E-state index contributed by atoms with van der Waals surface area (Å²) in [5, 5.41) is 0.898. The van der Waals surface area contributed by atoms with Gasteiger partial charge in [0.15, 0.2) is 0 Å². The van der Waals surface area contributed by atoms with Gasteiger partial charge in [0.25, 0.3) is 0 Å². The van der Waals surface area contributed by atoms with Crippen molar-refractivity contribution in [1.29, 1.82) is 0 Å². The zero-order valence-corrected chi connectivity index (χ0v) is 9.23. The molecule has 1 rings (SSSR count). The van der Waals surface area contributed by atoms with Crippen molar-refractivity contribution < 1.29 is 8.78 Å². The van der Waals surface area contributed by atoms with Gasteiger partial charge in [-0.15, -0.1) is 0 Å². The van der Waals surface area contributed by atoms with Crippen LogP contribution < -0.4 is 0 Å². The van der Waals surface area contributed by atoms with E-state index >= 15 is 0 Å². The Balaban J connectivity index is 2.59. The van der Waals surface area contributed by atoms with Gasteiger partial charge in [0.2, 0.25) is 0 Å². The Labute approximate surface area is 90.8 Å². The van der Waals surface area contributed by atoms with Crippen LogP contribution in [0.5, 0.6) is 0 Å². The molecule has 0 aromatic heterocycles. The first kappa shape index (κ1) is 11.4. The van der Waals surface area contributed by atoms with Crippen LogP contribution in [-0.4, -0.2) is 5.33 Å². The highest BCUT2D eigenvalue weighted by Gasteiger charge is 2.00. The van der Waals surface area contributed by atoms with Crippen LogP contribution in [0, 0.1) is 11.6 Å². The van der Waals surface area contributed by atoms with Crippen LogP contribution in [-0.2, 0) is 6.42 Å². The van der Waals surface area contributed by atoms with Crippen LogP contribution in [0.15, 0.2) is 30.4 Å². The summed E-state index contributed by atoms with van der Waals surface area (Å²) in [4.78, 5) is 0. The van der Waals surface area contributed by atoms with Crippen molar-refractivity contribution in [2.24, 2.45) is 0 Å². The normalized spacial score (nSPS) is 11.1. The molecule has 0 aliphatic heterocycles. The smallest absolute Gasteiger partial charge is 0.129 e. The van der Waals surface area contributed by atoms with Crippen molar-refractivity contribution >= 4 is 15.9 Å². The number of alkyl halides is 1. The van der Waals surface area contributed by atoms with Crippen LogP contribution in [0.4, 0.5) is 8.78 Å². The number of allylic oxidation sites excluding steroid dienone is 2. The molecule has 0 fully saturated rings. The zero-order chi connectivity index (χ0) is 10.4. The number of halogens is 3. The lowest BCUT2D eigenvalue weighted by Crippen LogP contribution is -1.89. The maximum atomic E-state index is 13.1. The molecule has 0 saturated carbocycles. The van der Waals surface area contributed by atoms with Crippen molar-refractivity contribution in [1.82, 2.24) is 0 Å². The van der Waals surface area contributed by atoms with Gasteiger partial charge in [-0.25, -0.2) is 8.78 Å². The van der Waals surface area contributed by atoms with Crippen molar-refractivity contribution in [3.05, 3.63) is 47.5 Å². The van der Waals surface area contributed by atoms with E-state index in [-0.39, 0.29) is 0 Å². The quantitative estimate of drug-likeness (QED) is 0.570. The lowest BCUT2D eigenvalue weighted by atomic mass is 10.1. The predicted molar refractivity (Wildman–Crippen MR) is 57.6 cm³/mol. The molecule has 14 heavy (non-hydrogen) atoms. The summed E-state index contributed by atoms with van der Waals surface area (Å²) in [5.74, 6) is -1.01. The molecule has 76 valence electrons. The molecule has 0 bridgehead atoms. The molecule has 0 N–H and O–H groups in total. The molecule has 1 aromatic rings. The number of hydrogen-bond acceptors (Lipinski definition) is 0. The van der Waals surface area contributed by atoms with Crippen molar-refractivity contribution in [2.75, 3.05) is 5.33 Å². The zero-order valence-electron chi connectivity index (χ0n) is 7.64. The van der Waals surface area contributed by atoms with E-state index < -0.39 is 11.6 Å². The standard InChI is InChI=1S/C11H11BrF2/c12-7-3-1-2-4-9-5-6-10(13)8-11(9)14/h1-2,5-6,8H,3-4,7H2. The molecule has 1 aromatic carbocycles. The molecule has 0 nitrogen and oxygen atoms in total. The molecular weight excluding hydrogens is 250 g/mol. The third-order valence-electron chi connectivity index (χ3n) is 1.80. The van der Waals surface area contributed by atoms with Crippen LogP contribution in [0.3, 0.4) is 0 Å². The average Bonchev–Trinajstić information content (AvgIpc) is 2.15. The van der Waals surface area contributed by atoms with Gasteiger partial charge in [0.1, 0.15) is 11.6 Å². The molecule has 0 spiro atoms. The Bertz CT molecular complexity index is 321. The van der Waals surface area contributed by atoms with E-state index in [4.69, 9.17) is 0 Å². The summed E-state index contributed by atoms with van der Waals surface area (Å²) >= 11 is 3.28. The van der Waals surface area contributed by atoms with Crippen LogP contribution >= 0.6 is 15.9 Å². The Morgan fingerprint density at radius 3 is 2.64 bits per heavy atom. The molecule has 0 heterocycles. The van der Waals surface area contributed by atoms with Gasteiger partial charge in [-0.2, -0.15) is 0 Å². The summed E-state index contributed by atoms with van der Waals surface area (Å²) in [6.45, 7) is 0. The van der Waals surface area contributed by atoms with E-state index in [0.29, 0.717) is 12.0 Å².